The van der Waals surface area contributed by atoms with E-state index in [1.54, 1.807) is 26.8 Å². The van der Waals surface area contributed by atoms with Crippen LogP contribution < -0.4 is 0 Å². The fourth-order valence-electron chi connectivity index (χ4n) is 1.83. The van der Waals surface area contributed by atoms with Crippen molar-refractivity contribution in [1.29, 1.82) is 0 Å². The summed E-state index contributed by atoms with van der Waals surface area (Å²) in [4.78, 5) is 2.02. The molecule has 1 rings (SSSR count). The van der Waals surface area contributed by atoms with E-state index in [0.29, 0.717) is 18.7 Å². The number of aryl methyl sites for hydroxylation is 1. The minimum Gasteiger partial charge on any atom is -0.389 e. The number of aliphatic hydroxyl groups is 1. The standard InChI is InChI=1S/C13H20FNO/c1-10-7-11(5-6-12(10)14)8-15(4)9-13(2,3)16/h5-7,16H,8-9H2,1-4H3. The molecule has 3 heteroatoms. The first kappa shape index (κ1) is 13.1. The summed E-state index contributed by atoms with van der Waals surface area (Å²) in [5.41, 5.74) is 1.02. The number of likely N-dealkylation sites (N-methyl/N-ethyl adjacent to an activating group) is 1. The van der Waals surface area contributed by atoms with Gasteiger partial charge >= 0.3 is 0 Å². The van der Waals surface area contributed by atoms with Gasteiger partial charge in [-0.2, -0.15) is 0 Å². The molecule has 0 atom stereocenters. The van der Waals surface area contributed by atoms with Crippen LogP contribution in [0.2, 0.25) is 0 Å². The molecule has 0 bridgehead atoms. The van der Waals surface area contributed by atoms with Crippen molar-refractivity contribution in [2.45, 2.75) is 32.9 Å². The van der Waals surface area contributed by atoms with Gasteiger partial charge in [0, 0.05) is 13.1 Å². The molecule has 0 fully saturated rings. The Morgan fingerprint density at radius 2 is 2.00 bits per heavy atom. The maximum absolute atomic E-state index is 13.1. The summed E-state index contributed by atoms with van der Waals surface area (Å²) < 4.78 is 13.1. The summed E-state index contributed by atoms with van der Waals surface area (Å²) in [6, 6.07) is 5.11. The average molecular weight is 225 g/mol. The third kappa shape index (κ3) is 4.29. The second kappa shape index (κ2) is 4.93. The van der Waals surface area contributed by atoms with Crippen molar-refractivity contribution in [3.8, 4) is 0 Å². The highest BCUT2D eigenvalue weighted by molar-refractivity contribution is 5.23. The summed E-state index contributed by atoms with van der Waals surface area (Å²) >= 11 is 0. The summed E-state index contributed by atoms with van der Waals surface area (Å²) in [5.74, 6) is -0.172. The Morgan fingerprint density at radius 1 is 1.38 bits per heavy atom. The Hall–Kier alpha value is -0.930. The van der Waals surface area contributed by atoms with Crippen molar-refractivity contribution in [2.75, 3.05) is 13.6 Å². The molecule has 90 valence electrons. The lowest BCUT2D eigenvalue weighted by molar-refractivity contribution is 0.0425. The van der Waals surface area contributed by atoms with E-state index in [1.165, 1.54) is 6.07 Å². The first-order valence-corrected chi connectivity index (χ1v) is 5.44. The molecule has 16 heavy (non-hydrogen) atoms. The molecule has 0 spiro atoms. The molecule has 0 saturated carbocycles. The van der Waals surface area contributed by atoms with Crippen molar-refractivity contribution < 1.29 is 9.50 Å². The summed E-state index contributed by atoms with van der Waals surface area (Å²) in [6.07, 6.45) is 0. The van der Waals surface area contributed by atoms with E-state index in [4.69, 9.17) is 0 Å². The number of hydrogen-bond acceptors (Lipinski definition) is 2. The molecule has 0 radical (unpaired) electrons. The number of halogens is 1. The van der Waals surface area contributed by atoms with Crippen molar-refractivity contribution in [1.82, 2.24) is 4.90 Å². The van der Waals surface area contributed by atoms with Gasteiger partial charge in [-0.1, -0.05) is 12.1 Å². The minimum atomic E-state index is -0.705. The summed E-state index contributed by atoms with van der Waals surface area (Å²) in [7, 11) is 1.94. The molecule has 0 aliphatic rings. The van der Waals surface area contributed by atoms with Gasteiger partial charge in [-0.05, 0) is 45.0 Å². The Balaban J connectivity index is 2.63. The lowest BCUT2D eigenvalue weighted by Crippen LogP contribution is -2.35. The van der Waals surface area contributed by atoms with Crippen LogP contribution in [0.4, 0.5) is 4.39 Å². The van der Waals surface area contributed by atoms with Crippen molar-refractivity contribution in [2.24, 2.45) is 0 Å². The SMILES string of the molecule is Cc1cc(CN(C)CC(C)(C)O)ccc1F. The van der Waals surface area contributed by atoms with Crippen LogP contribution in [-0.4, -0.2) is 29.2 Å². The zero-order valence-electron chi connectivity index (χ0n) is 10.4. The van der Waals surface area contributed by atoms with Crippen LogP contribution in [0.3, 0.4) is 0 Å². The van der Waals surface area contributed by atoms with Crippen LogP contribution >= 0.6 is 0 Å². The largest absolute Gasteiger partial charge is 0.389 e. The van der Waals surface area contributed by atoms with Crippen LogP contribution in [0, 0.1) is 12.7 Å². The van der Waals surface area contributed by atoms with Gasteiger partial charge in [-0.15, -0.1) is 0 Å². The van der Waals surface area contributed by atoms with Gasteiger partial charge in [0.15, 0.2) is 0 Å². The third-order valence-corrected chi connectivity index (χ3v) is 2.33. The minimum absolute atomic E-state index is 0.172. The maximum Gasteiger partial charge on any atom is 0.126 e. The molecule has 1 N–H and O–H groups in total. The molecule has 0 aliphatic carbocycles. The molecule has 0 saturated heterocycles. The summed E-state index contributed by atoms with van der Waals surface area (Å²) in [6.45, 7) is 6.61. The van der Waals surface area contributed by atoms with Crippen molar-refractivity contribution in [3.63, 3.8) is 0 Å². The number of rotatable bonds is 4. The third-order valence-electron chi connectivity index (χ3n) is 2.33. The number of nitrogens with zero attached hydrogens (tertiary/aromatic N) is 1. The highest BCUT2D eigenvalue weighted by atomic mass is 19.1. The molecule has 0 aromatic heterocycles. The van der Waals surface area contributed by atoms with E-state index < -0.39 is 5.60 Å². The van der Waals surface area contributed by atoms with E-state index in [0.717, 1.165) is 5.56 Å². The van der Waals surface area contributed by atoms with Gasteiger partial charge in [0.25, 0.3) is 0 Å². The Kier molecular flexibility index (Phi) is 4.05. The quantitative estimate of drug-likeness (QED) is 0.850. The second-order valence-electron chi connectivity index (χ2n) is 5.07. The van der Waals surface area contributed by atoms with Crippen molar-refractivity contribution in [3.05, 3.63) is 35.1 Å². The van der Waals surface area contributed by atoms with E-state index in [9.17, 15) is 9.50 Å². The zero-order chi connectivity index (χ0) is 12.3. The molecule has 0 unspecified atom stereocenters. The molecular weight excluding hydrogens is 205 g/mol. The molecule has 0 amide bonds. The molecule has 0 heterocycles. The van der Waals surface area contributed by atoms with Crippen LogP contribution in [0.5, 0.6) is 0 Å². The zero-order valence-corrected chi connectivity index (χ0v) is 10.4. The highest BCUT2D eigenvalue weighted by Gasteiger charge is 2.15. The molecule has 1 aromatic carbocycles. The van der Waals surface area contributed by atoms with Gasteiger partial charge in [-0.3, -0.25) is 4.90 Å². The van der Waals surface area contributed by atoms with E-state index in [-0.39, 0.29) is 5.82 Å². The predicted molar refractivity (Wildman–Crippen MR) is 63.8 cm³/mol. The average Bonchev–Trinajstić information content (AvgIpc) is 2.08. The first-order valence-electron chi connectivity index (χ1n) is 5.44. The van der Waals surface area contributed by atoms with E-state index in [2.05, 4.69) is 0 Å². The number of benzene rings is 1. The van der Waals surface area contributed by atoms with Crippen LogP contribution in [0.25, 0.3) is 0 Å². The molecule has 2 nitrogen and oxygen atoms in total. The van der Waals surface area contributed by atoms with Gasteiger partial charge in [0.1, 0.15) is 5.82 Å². The predicted octanol–water partition coefficient (Wildman–Crippen LogP) is 2.34. The topological polar surface area (TPSA) is 23.5 Å². The van der Waals surface area contributed by atoms with E-state index in [1.807, 2.05) is 18.0 Å². The number of hydrogen-bond donors (Lipinski definition) is 1. The lowest BCUT2D eigenvalue weighted by atomic mass is 10.1. The van der Waals surface area contributed by atoms with Gasteiger partial charge in [-0.25, -0.2) is 4.39 Å². The van der Waals surface area contributed by atoms with Crippen molar-refractivity contribution >= 4 is 0 Å². The van der Waals surface area contributed by atoms with E-state index >= 15 is 0 Å². The maximum atomic E-state index is 13.1. The van der Waals surface area contributed by atoms with Gasteiger partial charge < -0.3 is 5.11 Å². The van der Waals surface area contributed by atoms with Gasteiger partial charge in [0.05, 0.1) is 5.60 Å². The summed E-state index contributed by atoms with van der Waals surface area (Å²) in [5, 5.41) is 9.66. The normalized spacial score (nSPS) is 12.2. The first-order chi connectivity index (χ1) is 7.28. The Bertz CT molecular complexity index is 357. The molecule has 1 aromatic rings. The fourth-order valence-corrected chi connectivity index (χ4v) is 1.83. The van der Waals surface area contributed by atoms with Gasteiger partial charge in [0.2, 0.25) is 0 Å². The van der Waals surface area contributed by atoms with Crippen LogP contribution in [0.15, 0.2) is 18.2 Å². The monoisotopic (exact) mass is 225 g/mol. The second-order valence-corrected chi connectivity index (χ2v) is 5.07. The van der Waals surface area contributed by atoms with Crippen LogP contribution in [0.1, 0.15) is 25.0 Å². The lowest BCUT2D eigenvalue weighted by Gasteiger charge is -2.25. The smallest absolute Gasteiger partial charge is 0.126 e. The molecular formula is C13H20FNO. The molecule has 0 aliphatic heterocycles. The fraction of sp³-hybridized carbons (Fsp3) is 0.538. The highest BCUT2D eigenvalue weighted by Crippen LogP contribution is 2.12. The Labute approximate surface area is 96.7 Å². The Morgan fingerprint density at radius 3 is 2.50 bits per heavy atom. The van der Waals surface area contributed by atoms with Crippen LogP contribution in [-0.2, 0) is 6.54 Å².